The maximum atomic E-state index is 14.0. The molecule has 0 amide bonds. The molecule has 0 aliphatic carbocycles. The molecular formula is C20H18FN3O5. The van der Waals surface area contributed by atoms with Crippen LogP contribution in [0.25, 0.3) is 0 Å². The van der Waals surface area contributed by atoms with Gasteiger partial charge in [0.15, 0.2) is 0 Å². The van der Waals surface area contributed by atoms with E-state index in [2.05, 4.69) is 0 Å². The lowest BCUT2D eigenvalue weighted by Crippen LogP contribution is -2.42. The summed E-state index contributed by atoms with van der Waals surface area (Å²) in [6.45, 7) is 0.943. The lowest BCUT2D eigenvalue weighted by molar-refractivity contribution is -0.387. The molecule has 0 unspecified atom stereocenters. The molecular weight excluding hydrogens is 381 g/mol. The van der Waals surface area contributed by atoms with Crippen LogP contribution in [0.3, 0.4) is 0 Å². The van der Waals surface area contributed by atoms with E-state index in [4.69, 9.17) is 4.74 Å². The standard InChI is InChI=1S/C20H18FN3O5/c1-13-18(24(27)28)19(25)23(12-15-5-3-4-6-17(15)21)20(26)22(13)11-14-7-9-16(29-2)10-8-14/h3-10H,11-12H2,1-2H3. The summed E-state index contributed by atoms with van der Waals surface area (Å²) in [7, 11) is 1.52. The molecule has 0 aliphatic rings. The van der Waals surface area contributed by atoms with Crippen molar-refractivity contribution < 1.29 is 14.1 Å². The van der Waals surface area contributed by atoms with Crippen molar-refractivity contribution in [1.82, 2.24) is 9.13 Å². The monoisotopic (exact) mass is 399 g/mol. The minimum absolute atomic E-state index is 0.00700. The van der Waals surface area contributed by atoms with Gasteiger partial charge in [-0.2, -0.15) is 0 Å². The van der Waals surface area contributed by atoms with E-state index in [1.807, 2.05) is 0 Å². The molecule has 0 spiro atoms. The Kier molecular flexibility index (Phi) is 5.58. The van der Waals surface area contributed by atoms with Crippen LogP contribution in [0.15, 0.2) is 58.1 Å². The molecule has 3 aromatic rings. The van der Waals surface area contributed by atoms with Gasteiger partial charge in [-0.3, -0.25) is 19.5 Å². The topological polar surface area (TPSA) is 96.4 Å². The van der Waals surface area contributed by atoms with Crippen molar-refractivity contribution >= 4 is 5.69 Å². The van der Waals surface area contributed by atoms with Gasteiger partial charge in [0, 0.05) is 5.56 Å². The minimum atomic E-state index is -1.06. The third-order valence-corrected chi connectivity index (χ3v) is 4.63. The van der Waals surface area contributed by atoms with Crippen molar-refractivity contribution in [3.8, 4) is 5.75 Å². The van der Waals surface area contributed by atoms with Gasteiger partial charge in [0.2, 0.25) is 0 Å². The summed E-state index contributed by atoms with van der Waals surface area (Å²) in [5.41, 5.74) is -1.83. The Morgan fingerprint density at radius 1 is 1.03 bits per heavy atom. The quantitative estimate of drug-likeness (QED) is 0.469. The molecule has 0 aliphatic heterocycles. The van der Waals surface area contributed by atoms with Gasteiger partial charge in [0.05, 0.1) is 25.1 Å². The minimum Gasteiger partial charge on any atom is -0.497 e. The fourth-order valence-corrected chi connectivity index (χ4v) is 3.03. The van der Waals surface area contributed by atoms with E-state index in [1.165, 1.54) is 32.2 Å². The van der Waals surface area contributed by atoms with E-state index >= 15 is 0 Å². The number of halogens is 1. The molecule has 0 radical (unpaired) electrons. The highest BCUT2D eigenvalue weighted by molar-refractivity contribution is 5.34. The lowest BCUT2D eigenvalue weighted by Gasteiger charge is -2.14. The SMILES string of the molecule is COc1ccc(Cn2c(C)c([N+](=O)[O-])c(=O)n(Cc3ccccc3F)c2=O)cc1. The van der Waals surface area contributed by atoms with Crippen molar-refractivity contribution in [3.63, 3.8) is 0 Å². The molecule has 150 valence electrons. The first-order valence-corrected chi connectivity index (χ1v) is 8.68. The molecule has 0 bridgehead atoms. The number of nitrogens with zero attached hydrogens (tertiary/aromatic N) is 3. The first-order valence-electron chi connectivity index (χ1n) is 8.68. The molecule has 3 rings (SSSR count). The van der Waals surface area contributed by atoms with Gasteiger partial charge >= 0.3 is 16.9 Å². The Hall–Kier alpha value is -3.75. The zero-order valence-electron chi connectivity index (χ0n) is 15.8. The Bertz CT molecular complexity index is 1180. The molecule has 2 aromatic carbocycles. The maximum Gasteiger partial charge on any atom is 0.353 e. The Morgan fingerprint density at radius 2 is 1.69 bits per heavy atom. The summed E-state index contributed by atoms with van der Waals surface area (Å²) in [6, 6.07) is 12.5. The van der Waals surface area contributed by atoms with Gasteiger partial charge < -0.3 is 4.74 Å². The number of benzene rings is 2. The zero-order chi connectivity index (χ0) is 21.1. The van der Waals surface area contributed by atoms with Gasteiger partial charge in [-0.25, -0.2) is 13.8 Å². The normalized spacial score (nSPS) is 10.7. The van der Waals surface area contributed by atoms with Crippen molar-refractivity contribution in [2.75, 3.05) is 7.11 Å². The van der Waals surface area contributed by atoms with Crippen molar-refractivity contribution in [3.05, 3.63) is 102 Å². The second kappa shape index (κ2) is 8.09. The number of ether oxygens (including phenoxy) is 1. The van der Waals surface area contributed by atoms with Crippen LogP contribution in [0.2, 0.25) is 0 Å². The summed E-state index contributed by atoms with van der Waals surface area (Å²) >= 11 is 0. The van der Waals surface area contributed by atoms with Crippen molar-refractivity contribution in [2.24, 2.45) is 0 Å². The van der Waals surface area contributed by atoms with Crippen LogP contribution in [0.4, 0.5) is 10.1 Å². The van der Waals surface area contributed by atoms with E-state index in [0.717, 1.165) is 4.57 Å². The van der Waals surface area contributed by atoms with Crippen molar-refractivity contribution in [1.29, 1.82) is 0 Å². The molecule has 8 nitrogen and oxygen atoms in total. The Morgan fingerprint density at radius 3 is 2.28 bits per heavy atom. The van der Waals surface area contributed by atoms with E-state index < -0.39 is 34.2 Å². The first kappa shape index (κ1) is 20.0. The molecule has 0 fully saturated rings. The fourth-order valence-electron chi connectivity index (χ4n) is 3.03. The third kappa shape index (κ3) is 3.93. The van der Waals surface area contributed by atoms with E-state index in [9.17, 15) is 24.1 Å². The van der Waals surface area contributed by atoms with E-state index in [-0.39, 0.29) is 17.8 Å². The molecule has 1 heterocycles. The molecule has 0 saturated carbocycles. The van der Waals surface area contributed by atoms with Crippen LogP contribution in [-0.2, 0) is 13.1 Å². The van der Waals surface area contributed by atoms with Crippen LogP contribution in [0.1, 0.15) is 16.8 Å². The van der Waals surface area contributed by atoms with Gasteiger partial charge in [0.25, 0.3) is 0 Å². The van der Waals surface area contributed by atoms with Crippen LogP contribution < -0.4 is 16.0 Å². The van der Waals surface area contributed by atoms with Gasteiger partial charge in [0.1, 0.15) is 17.3 Å². The van der Waals surface area contributed by atoms with Crippen LogP contribution in [-0.4, -0.2) is 21.2 Å². The second-order valence-electron chi connectivity index (χ2n) is 6.39. The summed E-state index contributed by atoms with van der Waals surface area (Å²) in [4.78, 5) is 36.3. The highest BCUT2D eigenvalue weighted by Crippen LogP contribution is 2.16. The summed E-state index contributed by atoms with van der Waals surface area (Å²) in [5, 5.41) is 11.5. The van der Waals surface area contributed by atoms with Crippen LogP contribution in [0.5, 0.6) is 5.75 Å². The predicted octanol–water partition coefficient (Wildman–Crippen LogP) is 2.47. The third-order valence-electron chi connectivity index (χ3n) is 4.63. The number of aromatic nitrogens is 2. The summed E-state index contributed by atoms with van der Waals surface area (Å²) < 4.78 is 20.9. The largest absolute Gasteiger partial charge is 0.497 e. The van der Waals surface area contributed by atoms with Crippen LogP contribution in [0, 0.1) is 22.9 Å². The number of methoxy groups -OCH3 is 1. The number of rotatable bonds is 6. The Labute approximate surface area is 164 Å². The number of nitro groups is 1. The molecule has 29 heavy (non-hydrogen) atoms. The predicted molar refractivity (Wildman–Crippen MR) is 104 cm³/mol. The van der Waals surface area contributed by atoms with Gasteiger partial charge in [-0.15, -0.1) is 0 Å². The molecule has 0 saturated heterocycles. The highest BCUT2D eigenvalue weighted by atomic mass is 19.1. The van der Waals surface area contributed by atoms with Crippen molar-refractivity contribution in [2.45, 2.75) is 20.0 Å². The second-order valence-corrected chi connectivity index (χ2v) is 6.39. The van der Waals surface area contributed by atoms with Gasteiger partial charge in [-0.05, 0) is 30.7 Å². The summed E-state index contributed by atoms with van der Waals surface area (Å²) in [6.07, 6.45) is 0. The maximum absolute atomic E-state index is 14.0. The fraction of sp³-hybridized carbons (Fsp3) is 0.200. The highest BCUT2D eigenvalue weighted by Gasteiger charge is 2.25. The van der Waals surface area contributed by atoms with E-state index in [1.54, 1.807) is 30.3 Å². The van der Waals surface area contributed by atoms with E-state index in [0.29, 0.717) is 15.9 Å². The Balaban J connectivity index is 2.16. The molecule has 0 N–H and O–H groups in total. The molecule has 1 aromatic heterocycles. The lowest BCUT2D eigenvalue weighted by atomic mass is 10.2. The molecule has 9 heteroatoms. The number of hydrogen-bond donors (Lipinski definition) is 0. The zero-order valence-corrected chi connectivity index (χ0v) is 15.8. The smallest absolute Gasteiger partial charge is 0.353 e. The van der Waals surface area contributed by atoms with Gasteiger partial charge in [-0.1, -0.05) is 30.3 Å². The first-order chi connectivity index (χ1) is 13.8. The average Bonchev–Trinajstić information content (AvgIpc) is 2.70. The summed E-state index contributed by atoms with van der Waals surface area (Å²) in [5.74, 6) is 0.0112. The number of hydrogen-bond acceptors (Lipinski definition) is 5. The average molecular weight is 399 g/mol. The van der Waals surface area contributed by atoms with Crippen LogP contribution >= 0.6 is 0 Å². The molecule has 0 atom stereocenters.